The zero-order valence-electron chi connectivity index (χ0n) is 14.9. The summed E-state index contributed by atoms with van der Waals surface area (Å²) in [5, 5.41) is 13.6. The van der Waals surface area contributed by atoms with Gasteiger partial charge in [0.25, 0.3) is 5.91 Å². The van der Waals surface area contributed by atoms with Gasteiger partial charge in [-0.05, 0) is 48.5 Å². The lowest BCUT2D eigenvalue weighted by atomic mass is 10.2. The number of aromatic hydroxyl groups is 1. The second-order valence-electron chi connectivity index (χ2n) is 5.67. The topological polar surface area (TPSA) is 101 Å². The number of nitrogens with zero attached hydrogens (tertiary/aromatic N) is 1. The summed E-state index contributed by atoms with van der Waals surface area (Å²) in [4.78, 5) is 24.1. The Kier molecular flexibility index (Phi) is 6.59. The van der Waals surface area contributed by atoms with Gasteiger partial charge in [-0.2, -0.15) is 5.10 Å². The molecule has 3 aromatic rings. The Morgan fingerprint density at radius 2 is 1.97 bits per heavy atom. The molecule has 0 spiro atoms. The summed E-state index contributed by atoms with van der Waals surface area (Å²) in [5.41, 5.74) is 2.87. The number of esters is 1. The maximum atomic E-state index is 12.1. The number of amides is 1. The van der Waals surface area contributed by atoms with Crippen molar-refractivity contribution in [1.82, 2.24) is 5.43 Å². The zero-order chi connectivity index (χ0) is 20.6. The minimum atomic E-state index is -0.600. The van der Waals surface area contributed by atoms with E-state index >= 15 is 0 Å². The number of para-hydroxylation sites is 1. The summed E-state index contributed by atoms with van der Waals surface area (Å²) >= 11 is 3.34. The number of furan rings is 1. The smallest absolute Gasteiger partial charge is 0.336 e. The van der Waals surface area contributed by atoms with Crippen molar-refractivity contribution in [3.05, 3.63) is 88.3 Å². The predicted molar refractivity (Wildman–Crippen MR) is 111 cm³/mol. The third kappa shape index (κ3) is 5.66. The van der Waals surface area contributed by atoms with Gasteiger partial charge in [0.05, 0.1) is 18.0 Å². The van der Waals surface area contributed by atoms with Crippen LogP contribution in [0, 0.1) is 0 Å². The van der Waals surface area contributed by atoms with E-state index in [0.717, 1.165) is 4.47 Å². The third-order valence-corrected chi connectivity index (χ3v) is 4.12. The van der Waals surface area contributed by atoms with Gasteiger partial charge < -0.3 is 14.3 Å². The molecule has 146 valence electrons. The van der Waals surface area contributed by atoms with Crippen LogP contribution in [0.25, 0.3) is 6.08 Å². The van der Waals surface area contributed by atoms with Gasteiger partial charge in [0.1, 0.15) is 17.3 Å². The Morgan fingerprint density at radius 3 is 2.72 bits per heavy atom. The van der Waals surface area contributed by atoms with Crippen molar-refractivity contribution < 1.29 is 23.8 Å². The number of phenols is 1. The van der Waals surface area contributed by atoms with Gasteiger partial charge >= 0.3 is 5.97 Å². The molecule has 1 amide bonds. The molecule has 0 atom stereocenters. The van der Waals surface area contributed by atoms with Crippen LogP contribution in [0.1, 0.15) is 21.7 Å². The highest BCUT2D eigenvalue weighted by atomic mass is 79.9. The van der Waals surface area contributed by atoms with Crippen molar-refractivity contribution >= 4 is 40.1 Å². The number of hydrazone groups is 1. The highest BCUT2D eigenvalue weighted by Gasteiger charge is 2.10. The summed E-state index contributed by atoms with van der Waals surface area (Å²) in [6.45, 7) is 0. The molecule has 0 aliphatic rings. The molecule has 0 aliphatic carbocycles. The summed E-state index contributed by atoms with van der Waals surface area (Å²) in [5.74, 6) is -0.555. The fourth-order valence-electron chi connectivity index (χ4n) is 2.28. The van der Waals surface area contributed by atoms with Gasteiger partial charge in [0, 0.05) is 16.1 Å². The van der Waals surface area contributed by atoms with Crippen molar-refractivity contribution in [2.24, 2.45) is 5.10 Å². The van der Waals surface area contributed by atoms with Crippen molar-refractivity contribution in [3.8, 4) is 11.5 Å². The highest BCUT2D eigenvalue weighted by molar-refractivity contribution is 9.10. The maximum absolute atomic E-state index is 12.1. The van der Waals surface area contributed by atoms with Crippen LogP contribution < -0.4 is 10.2 Å². The first-order valence-electron chi connectivity index (χ1n) is 8.37. The molecule has 1 heterocycles. The first-order valence-corrected chi connectivity index (χ1v) is 9.16. The van der Waals surface area contributed by atoms with Gasteiger partial charge in [-0.15, -0.1) is 0 Å². The average molecular weight is 455 g/mol. The van der Waals surface area contributed by atoms with E-state index in [9.17, 15) is 14.7 Å². The van der Waals surface area contributed by atoms with E-state index in [1.165, 1.54) is 36.8 Å². The number of rotatable bonds is 6. The van der Waals surface area contributed by atoms with Gasteiger partial charge in [-0.25, -0.2) is 10.2 Å². The Morgan fingerprint density at radius 1 is 1.14 bits per heavy atom. The van der Waals surface area contributed by atoms with Crippen LogP contribution in [-0.4, -0.2) is 23.2 Å². The molecular weight excluding hydrogens is 440 g/mol. The quantitative estimate of drug-likeness (QED) is 0.191. The summed E-state index contributed by atoms with van der Waals surface area (Å²) in [6, 6.07) is 14.5. The molecule has 1 aromatic heterocycles. The monoisotopic (exact) mass is 454 g/mol. The summed E-state index contributed by atoms with van der Waals surface area (Å²) < 4.78 is 11.2. The van der Waals surface area contributed by atoms with Crippen LogP contribution >= 0.6 is 15.9 Å². The van der Waals surface area contributed by atoms with E-state index in [1.54, 1.807) is 42.5 Å². The Bertz CT molecular complexity index is 1070. The summed E-state index contributed by atoms with van der Waals surface area (Å²) in [7, 11) is 0. The SMILES string of the molecule is O=C(C=Cc1ccco1)Oc1ccc(Br)cc1C=NNC(=O)c1ccccc1O. The van der Waals surface area contributed by atoms with Crippen LogP contribution in [0.3, 0.4) is 0 Å². The highest BCUT2D eigenvalue weighted by Crippen LogP contribution is 2.22. The van der Waals surface area contributed by atoms with Crippen molar-refractivity contribution in [3.63, 3.8) is 0 Å². The molecule has 0 bridgehead atoms. The lowest BCUT2D eigenvalue weighted by Crippen LogP contribution is -2.17. The lowest BCUT2D eigenvalue weighted by molar-refractivity contribution is -0.128. The molecule has 0 saturated carbocycles. The second kappa shape index (κ2) is 9.52. The molecule has 0 fully saturated rings. The molecule has 0 unspecified atom stereocenters. The van der Waals surface area contributed by atoms with E-state index in [-0.39, 0.29) is 17.1 Å². The van der Waals surface area contributed by atoms with E-state index in [0.29, 0.717) is 11.3 Å². The minimum absolute atomic E-state index is 0.0913. The molecule has 0 saturated heterocycles. The number of halogens is 1. The van der Waals surface area contributed by atoms with E-state index in [2.05, 4.69) is 26.5 Å². The van der Waals surface area contributed by atoms with Crippen LogP contribution in [-0.2, 0) is 4.79 Å². The molecule has 2 aromatic carbocycles. The van der Waals surface area contributed by atoms with Gasteiger partial charge in [0.15, 0.2) is 0 Å². The van der Waals surface area contributed by atoms with Crippen LogP contribution in [0.5, 0.6) is 11.5 Å². The molecule has 29 heavy (non-hydrogen) atoms. The number of hydrogen-bond donors (Lipinski definition) is 2. The van der Waals surface area contributed by atoms with Gasteiger partial charge in [0.2, 0.25) is 0 Å². The number of carbonyl (C=O) groups excluding carboxylic acids is 2. The molecule has 0 radical (unpaired) electrons. The summed E-state index contributed by atoms with van der Waals surface area (Å²) in [6.07, 6.45) is 5.56. The average Bonchev–Trinajstić information content (AvgIpc) is 3.22. The molecule has 7 nitrogen and oxygen atoms in total. The van der Waals surface area contributed by atoms with Crippen molar-refractivity contribution in [2.75, 3.05) is 0 Å². The fourth-order valence-corrected chi connectivity index (χ4v) is 2.66. The van der Waals surface area contributed by atoms with E-state index in [1.807, 2.05) is 0 Å². The number of benzene rings is 2. The Hall–Kier alpha value is -3.65. The molecule has 3 rings (SSSR count). The van der Waals surface area contributed by atoms with E-state index < -0.39 is 11.9 Å². The van der Waals surface area contributed by atoms with Crippen molar-refractivity contribution in [1.29, 1.82) is 0 Å². The van der Waals surface area contributed by atoms with Gasteiger partial charge in [-0.3, -0.25) is 4.79 Å². The number of carbonyl (C=O) groups is 2. The maximum Gasteiger partial charge on any atom is 0.336 e. The molecular formula is C21H15BrN2O5. The minimum Gasteiger partial charge on any atom is -0.507 e. The fraction of sp³-hybridized carbons (Fsp3) is 0. The van der Waals surface area contributed by atoms with E-state index in [4.69, 9.17) is 9.15 Å². The number of ether oxygens (including phenoxy) is 1. The molecule has 8 heteroatoms. The largest absolute Gasteiger partial charge is 0.507 e. The third-order valence-electron chi connectivity index (χ3n) is 3.63. The molecule has 2 N–H and O–H groups in total. The Balaban J connectivity index is 1.69. The molecule has 0 aliphatic heterocycles. The Labute approximate surface area is 174 Å². The first kappa shape index (κ1) is 20.1. The lowest BCUT2D eigenvalue weighted by Gasteiger charge is -2.06. The standard InChI is InChI=1S/C21H15BrN2O5/c22-15-7-9-19(29-20(26)10-8-16-4-3-11-28-16)14(12-15)13-23-24-21(27)17-5-1-2-6-18(17)25/h1-13,25H,(H,24,27). The zero-order valence-corrected chi connectivity index (χ0v) is 16.5. The number of nitrogens with one attached hydrogen (secondary N) is 1. The second-order valence-corrected chi connectivity index (χ2v) is 6.58. The van der Waals surface area contributed by atoms with Crippen LogP contribution in [0.15, 0.2) is 80.9 Å². The predicted octanol–water partition coefficient (Wildman–Crippen LogP) is 4.13. The van der Waals surface area contributed by atoms with Crippen molar-refractivity contribution in [2.45, 2.75) is 0 Å². The van der Waals surface area contributed by atoms with Gasteiger partial charge in [-0.1, -0.05) is 28.1 Å². The number of hydrogen-bond acceptors (Lipinski definition) is 6. The van der Waals surface area contributed by atoms with Crippen LogP contribution in [0.2, 0.25) is 0 Å². The normalized spacial score (nSPS) is 11.1. The van der Waals surface area contributed by atoms with Crippen LogP contribution in [0.4, 0.5) is 0 Å². The number of phenolic OH excluding ortho intramolecular Hbond substituents is 1. The first-order chi connectivity index (χ1) is 14.0.